The summed E-state index contributed by atoms with van der Waals surface area (Å²) in [5.41, 5.74) is 0.298. The Labute approximate surface area is 103 Å². The van der Waals surface area contributed by atoms with Crippen LogP contribution in [0.3, 0.4) is 0 Å². The summed E-state index contributed by atoms with van der Waals surface area (Å²) in [6, 6.07) is 8.00. The third kappa shape index (κ3) is 2.56. The van der Waals surface area contributed by atoms with Crippen molar-refractivity contribution in [3.05, 3.63) is 46.9 Å². The highest BCUT2D eigenvalue weighted by atomic mass is 35.5. The summed E-state index contributed by atoms with van der Waals surface area (Å²) in [5, 5.41) is 0.0482. The zero-order chi connectivity index (χ0) is 12.4. The number of hydrogen-bond donors (Lipinski definition) is 0. The summed E-state index contributed by atoms with van der Waals surface area (Å²) in [4.78, 5) is 10.9. The molecule has 0 amide bonds. The molecule has 0 saturated heterocycles. The molecule has 0 saturated carbocycles. The molecule has 0 fully saturated rings. The third-order valence-corrected chi connectivity index (χ3v) is 2.59. The molecule has 0 N–H and O–H groups in total. The predicted octanol–water partition coefficient (Wildman–Crippen LogP) is 3.87. The van der Waals surface area contributed by atoms with E-state index in [1.165, 1.54) is 13.0 Å². The van der Waals surface area contributed by atoms with Crippen molar-refractivity contribution in [3.63, 3.8) is 0 Å². The Bertz CT molecular complexity index is 560. The van der Waals surface area contributed by atoms with Crippen molar-refractivity contribution < 1.29 is 13.6 Å². The lowest BCUT2D eigenvalue weighted by Gasteiger charge is -2.00. The molecule has 2 rings (SSSR count). The van der Waals surface area contributed by atoms with Gasteiger partial charge in [0.15, 0.2) is 5.82 Å². The van der Waals surface area contributed by atoms with Gasteiger partial charge in [-0.2, -0.15) is 0 Å². The number of halogens is 2. The number of furan rings is 1. The highest BCUT2D eigenvalue weighted by molar-refractivity contribution is 6.31. The van der Waals surface area contributed by atoms with Gasteiger partial charge in [-0.25, -0.2) is 4.39 Å². The normalized spacial score (nSPS) is 10.5. The number of Topliss-reactive ketones (excluding diaryl/α,β-unsaturated/α-hetero) is 1. The van der Waals surface area contributed by atoms with Gasteiger partial charge >= 0.3 is 0 Å². The van der Waals surface area contributed by atoms with Crippen LogP contribution in [0.1, 0.15) is 12.7 Å². The molecule has 2 aromatic rings. The minimum absolute atomic E-state index is 0.00235. The second kappa shape index (κ2) is 4.72. The maximum absolute atomic E-state index is 13.7. The van der Waals surface area contributed by atoms with E-state index in [0.29, 0.717) is 17.1 Å². The standard InChI is InChI=1S/C13H10ClFO2/c1-8(16)7-9-5-6-12(17-9)10-3-2-4-11(14)13(10)15/h2-6H,7H2,1H3. The fourth-order valence-electron chi connectivity index (χ4n) is 1.56. The Kier molecular flexibility index (Phi) is 3.29. The minimum atomic E-state index is -0.516. The molecule has 1 aromatic carbocycles. The molecule has 17 heavy (non-hydrogen) atoms. The highest BCUT2D eigenvalue weighted by Crippen LogP contribution is 2.29. The van der Waals surface area contributed by atoms with Crippen molar-refractivity contribution in [1.29, 1.82) is 0 Å². The van der Waals surface area contributed by atoms with Crippen molar-refractivity contribution in [2.45, 2.75) is 13.3 Å². The van der Waals surface area contributed by atoms with Crippen LogP contribution in [0.5, 0.6) is 0 Å². The first kappa shape index (κ1) is 11.9. The second-order valence-electron chi connectivity index (χ2n) is 3.75. The van der Waals surface area contributed by atoms with Gasteiger partial charge in [0.25, 0.3) is 0 Å². The lowest BCUT2D eigenvalue weighted by molar-refractivity contribution is -0.116. The Morgan fingerprint density at radius 1 is 1.35 bits per heavy atom. The molecule has 1 heterocycles. The second-order valence-corrected chi connectivity index (χ2v) is 4.15. The lowest BCUT2D eigenvalue weighted by atomic mass is 10.1. The van der Waals surface area contributed by atoms with Gasteiger partial charge in [-0.15, -0.1) is 0 Å². The van der Waals surface area contributed by atoms with E-state index in [0.717, 1.165) is 0 Å². The number of carbonyl (C=O) groups excluding carboxylic acids is 1. The van der Waals surface area contributed by atoms with E-state index in [-0.39, 0.29) is 17.2 Å². The molecule has 0 aliphatic heterocycles. The average Bonchev–Trinajstić information content (AvgIpc) is 2.69. The van der Waals surface area contributed by atoms with Crippen molar-refractivity contribution >= 4 is 17.4 Å². The monoisotopic (exact) mass is 252 g/mol. The first-order valence-electron chi connectivity index (χ1n) is 5.10. The Morgan fingerprint density at radius 3 is 2.82 bits per heavy atom. The Balaban J connectivity index is 2.37. The van der Waals surface area contributed by atoms with Crippen molar-refractivity contribution in [3.8, 4) is 11.3 Å². The van der Waals surface area contributed by atoms with E-state index in [2.05, 4.69) is 0 Å². The number of rotatable bonds is 3. The molecule has 4 heteroatoms. The largest absolute Gasteiger partial charge is 0.461 e. The van der Waals surface area contributed by atoms with Gasteiger partial charge < -0.3 is 4.42 Å². The van der Waals surface area contributed by atoms with E-state index in [4.69, 9.17) is 16.0 Å². The summed E-state index contributed by atoms with van der Waals surface area (Å²) in [6.45, 7) is 1.47. The summed E-state index contributed by atoms with van der Waals surface area (Å²) in [5.74, 6) is 0.378. The van der Waals surface area contributed by atoms with E-state index < -0.39 is 5.82 Å². The Morgan fingerprint density at radius 2 is 2.12 bits per heavy atom. The number of benzene rings is 1. The molecule has 0 aliphatic carbocycles. The number of hydrogen-bond acceptors (Lipinski definition) is 2. The van der Waals surface area contributed by atoms with Crippen LogP contribution in [0.25, 0.3) is 11.3 Å². The molecule has 0 radical (unpaired) electrons. The quantitative estimate of drug-likeness (QED) is 0.830. The van der Waals surface area contributed by atoms with Crippen LogP contribution < -0.4 is 0 Å². The zero-order valence-corrected chi connectivity index (χ0v) is 9.92. The van der Waals surface area contributed by atoms with Crippen molar-refractivity contribution in [2.75, 3.05) is 0 Å². The van der Waals surface area contributed by atoms with Crippen LogP contribution >= 0.6 is 11.6 Å². The molecule has 0 unspecified atom stereocenters. The molecule has 0 bridgehead atoms. The highest BCUT2D eigenvalue weighted by Gasteiger charge is 2.12. The van der Waals surface area contributed by atoms with E-state index in [1.54, 1.807) is 24.3 Å². The summed E-state index contributed by atoms with van der Waals surface area (Å²) >= 11 is 5.68. The van der Waals surface area contributed by atoms with Crippen molar-refractivity contribution in [2.24, 2.45) is 0 Å². The zero-order valence-electron chi connectivity index (χ0n) is 9.17. The number of carbonyl (C=O) groups is 1. The van der Waals surface area contributed by atoms with Gasteiger partial charge in [0.05, 0.1) is 17.0 Å². The van der Waals surface area contributed by atoms with Crippen LogP contribution in [0.4, 0.5) is 4.39 Å². The van der Waals surface area contributed by atoms with E-state index in [9.17, 15) is 9.18 Å². The molecular weight excluding hydrogens is 243 g/mol. The van der Waals surface area contributed by atoms with E-state index in [1.807, 2.05) is 0 Å². The van der Waals surface area contributed by atoms with Crippen LogP contribution in [-0.4, -0.2) is 5.78 Å². The van der Waals surface area contributed by atoms with Gasteiger partial charge in [-0.1, -0.05) is 17.7 Å². The van der Waals surface area contributed by atoms with Gasteiger partial charge in [-0.3, -0.25) is 4.79 Å². The maximum atomic E-state index is 13.7. The molecular formula is C13H10ClFO2. The van der Waals surface area contributed by atoms with Gasteiger partial charge in [0.2, 0.25) is 0 Å². The molecule has 1 aromatic heterocycles. The molecule has 0 spiro atoms. The molecule has 0 atom stereocenters. The van der Waals surface area contributed by atoms with Crippen LogP contribution in [-0.2, 0) is 11.2 Å². The number of ketones is 1. The summed E-state index contributed by atoms with van der Waals surface area (Å²) < 4.78 is 19.1. The van der Waals surface area contributed by atoms with E-state index >= 15 is 0 Å². The van der Waals surface area contributed by atoms with Crippen LogP contribution in [0, 0.1) is 5.82 Å². The van der Waals surface area contributed by atoms with Gasteiger partial charge in [-0.05, 0) is 31.2 Å². The summed E-state index contributed by atoms with van der Waals surface area (Å²) in [7, 11) is 0. The molecule has 2 nitrogen and oxygen atoms in total. The fraction of sp³-hybridized carbons (Fsp3) is 0.154. The Hall–Kier alpha value is -1.61. The minimum Gasteiger partial charge on any atom is -0.461 e. The topological polar surface area (TPSA) is 30.2 Å². The summed E-state index contributed by atoms with van der Waals surface area (Å²) in [6.07, 6.45) is 0.211. The van der Waals surface area contributed by atoms with Crippen molar-refractivity contribution in [1.82, 2.24) is 0 Å². The maximum Gasteiger partial charge on any atom is 0.152 e. The third-order valence-electron chi connectivity index (χ3n) is 2.30. The van der Waals surface area contributed by atoms with Gasteiger partial charge in [0, 0.05) is 0 Å². The van der Waals surface area contributed by atoms with Crippen LogP contribution in [0.15, 0.2) is 34.7 Å². The first-order valence-corrected chi connectivity index (χ1v) is 5.48. The lowest BCUT2D eigenvalue weighted by Crippen LogP contribution is -1.93. The predicted molar refractivity (Wildman–Crippen MR) is 63.5 cm³/mol. The van der Waals surface area contributed by atoms with Crippen LogP contribution in [0.2, 0.25) is 5.02 Å². The fourth-order valence-corrected chi connectivity index (χ4v) is 1.73. The SMILES string of the molecule is CC(=O)Cc1ccc(-c2cccc(Cl)c2F)o1. The molecule has 88 valence electrons. The average molecular weight is 253 g/mol. The smallest absolute Gasteiger partial charge is 0.152 e. The van der Waals surface area contributed by atoms with Gasteiger partial charge in [0.1, 0.15) is 17.3 Å². The molecule has 0 aliphatic rings. The first-order chi connectivity index (χ1) is 8.08.